The number of pyridine rings is 1. The largest absolute Gasteiger partial charge is 0.462 e. The molecule has 0 unspecified atom stereocenters. The summed E-state index contributed by atoms with van der Waals surface area (Å²) in [5, 5.41) is 7.78. The SMILES string of the molecule is CCOC(=O)c1cc(-c2ccc(C)cc2)nc2n[nH]c(C)c12. The Bertz CT molecular complexity index is 835. The lowest BCUT2D eigenvalue weighted by molar-refractivity contribution is 0.0528. The summed E-state index contributed by atoms with van der Waals surface area (Å²) >= 11 is 0. The van der Waals surface area contributed by atoms with Gasteiger partial charge in [0.05, 0.1) is 23.3 Å². The smallest absolute Gasteiger partial charge is 0.339 e. The van der Waals surface area contributed by atoms with Gasteiger partial charge in [-0.25, -0.2) is 9.78 Å². The monoisotopic (exact) mass is 295 g/mol. The number of H-pyrrole nitrogens is 1. The Morgan fingerprint density at radius 2 is 1.95 bits per heavy atom. The van der Waals surface area contributed by atoms with Gasteiger partial charge in [0.25, 0.3) is 0 Å². The molecule has 2 heterocycles. The fourth-order valence-electron chi connectivity index (χ4n) is 2.42. The van der Waals surface area contributed by atoms with Gasteiger partial charge >= 0.3 is 5.97 Å². The number of carbonyl (C=O) groups excluding carboxylic acids is 1. The number of hydrogen-bond donors (Lipinski definition) is 1. The normalized spacial score (nSPS) is 10.9. The topological polar surface area (TPSA) is 67.9 Å². The van der Waals surface area contributed by atoms with Gasteiger partial charge < -0.3 is 4.74 Å². The van der Waals surface area contributed by atoms with Crippen LogP contribution in [-0.2, 0) is 4.74 Å². The van der Waals surface area contributed by atoms with Crippen LogP contribution in [0.25, 0.3) is 22.3 Å². The molecule has 1 aromatic carbocycles. The van der Waals surface area contributed by atoms with E-state index in [0.717, 1.165) is 11.3 Å². The first-order valence-electron chi connectivity index (χ1n) is 7.20. The highest BCUT2D eigenvalue weighted by atomic mass is 16.5. The Balaban J connectivity index is 2.20. The molecule has 112 valence electrons. The maximum atomic E-state index is 12.3. The molecule has 0 saturated heterocycles. The maximum absolute atomic E-state index is 12.3. The Morgan fingerprint density at radius 1 is 1.23 bits per heavy atom. The molecule has 0 spiro atoms. The van der Waals surface area contributed by atoms with Crippen molar-refractivity contribution in [2.75, 3.05) is 6.61 Å². The Labute approximate surface area is 128 Å². The van der Waals surface area contributed by atoms with Crippen LogP contribution in [0.2, 0.25) is 0 Å². The highest BCUT2D eigenvalue weighted by Gasteiger charge is 2.18. The molecule has 0 saturated carbocycles. The zero-order valence-electron chi connectivity index (χ0n) is 12.8. The van der Waals surface area contributed by atoms with Crippen molar-refractivity contribution in [1.82, 2.24) is 15.2 Å². The number of fused-ring (bicyclic) bond motifs is 1. The second kappa shape index (κ2) is 5.60. The summed E-state index contributed by atoms with van der Waals surface area (Å²) in [6.07, 6.45) is 0. The fraction of sp³-hybridized carbons (Fsp3) is 0.235. The number of nitrogens with zero attached hydrogens (tertiary/aromatic N) is 2. The molecule has 3 aromatic rings. The minimum Gasteiger partial charge on any atom is -0.462 e. The second-order valence-corrected chi connectivity index (χ2v) is 5.19. The molecule has 0 aliphatic carbocycles. The number of aromatic amines is 1. The third kappa shape index (κ3) is 2.45. The molecule has 0 bridgehead atoms. The van der Waals surface area contributed by atoms with Gasteiger partial charge in [0.15, 0.2) is 5.65 Å². The van der Waals surface area contributed by atoms with Crippen molar-refractivity contribution >= 4 is 17.0 Å². The zero-order chi connectivity index (χ0) is 15.7. The molecular weight excluding hydrogens is 278 g/mol. The predicted molar refractivity (Wildman–Crippen MR) is 84.8 cm³/mol. The quantitative estimate of drug-likeness (QED) is 0.752. The molecule has 0 aliphatic heterocycles. The second-order valence-electron chi connectivity index (χ2n) is 5.19. The number of rotatable bonds is 3. The van der Waals surface area contributed by atoms with Crippen molar-refractivity contribution in [2.45, 2.75) is 20.8 Å². The van der Waals surface area contributed by atoms with Gasteiger partial charge in [0.2, 0.25) is 0 Å². The van der Waals surface area contributed by atoms with E-state index < -0.39 is 0 Å². The van der Waals surface area contributed by atoms with Crippen molar-refractivity contribution in [2.24, 2.45) is 0 Å². The van der Waals surface area contributed by atoms with Crippen LogP contribution < -0.4 is 0 Å². The van der Waals surface area contributed by atoms with Crippen LogP contribution in [0.1, 0.15) is 28.5 Å². The van der Waals surface area contributed by atoms with Crippen LogP contribution in [0, 0.1) is 13.8 Å². The number of carbonyl (C=O) groups is 1. The van der Waals surface area contributed by atoms with E-state index in [9.17, 15) is 4.79 Å². The highest BCUT2D eigenvalue weighted by molar-refractivity contribution is 6.04. The lowest BCUT2D eigenvalue weighted by Gasteiger charge is -2.07. The standard InChI is InChI=1S/C17H17N3O2/c1-4-22-17(21)13-9-14(12-7-5-10(2)6-8-12)18-16-15(13)11(3)19-20-16/h5-9H,4H2,1-3H3,(H,18,19,20). The molecule has 0 fully saturated rings. The Morgan fingerprint density at radius 3 is 2.64 bits per heavy atom. The summed E-state index contributed by atoms with van der Waals surface area (Å²) in [5.41, 5.74) is 4.65. The highest BCUT2D eigenvalue weighted by Crippen LogP contribution is 2.26. The van der Waals surface area contributed by atoms with Crippen LogP contribution >= 0.6 is 0 Å². The maximum Gasteiger partial charge on any atom is 0.339 e. The number of esters is 1. The summed E-state index contributed by atoms with van der Waals surface area (Å²) in [6.45, 7) is 6.02. The summed E-state index contributed by atoms with van der Waals surface area (Å²) in [7, 11) is 0. The molecule has 0 atom stereocenters. The lowest BCUT2D eigenvalue weighted by atomic mass is 10.0. The van der Waals surface area contributed by atoms with E-state index in [1.54, 1.807) is 13.0 Å². The van der Waals surface area contributed by atoms with Gasteiger partial charge in [-0.1, -0.05) is 29.8 Å². The number of ether oxygens (including phenoxy) is 1. The Kier molecular flexibility index (Phi) is 3.63. The summed E-state index contributed by atoms with van der Waals surface area (Å²) < 4.78 is 5.16. The summed E-state index contributed by atoms with van der Waals surface area (Å²) in [4.78, 5) is 16.8. The van der Waals surface area contributed by atoms with Crippen LogP contribution in [-0.4, -0.2) is 27.8 Å². The van der Waals surface area contributed by atoms with Gasteiger partial charge in [-0.2, -0.15) is 5.10 Å². The molecule has 0 aliphatic rings. The number of aryl methyl sites for hydroxylation is 2. The third-order valence-electron chi connectivity index (χ3n) is 3.55. The van der Waals surface area contributed by atoms with Crippen LogP contribution in [0.4, 0.5) is 0 Å². The van der Waals surface area contributed by atoms with E-state index in [1.807, 2.05) is 38.1 Å². The molecule has 0 radical (unpaired) electrons. The molecule has 0 amide bonds. The summed E-state index contributed by atoms with van der Waals surface area (Å²) in [5.74, 6) is -0.354. The number of nitrogens with one attached hydrogen (secondary N) is 1. The molecule has 2 aromatic heterocycles. The number of benzene rings is 1. The fourth-order valence-corrected chi connectivity index (χ4v) is 2.42. The average Bonchev–Trinajstić information content (AvgIpc) is 2.89. The van der Waals surface area contributed by atoms with Gasteiger partial charge in [-0.3, -0.25) is 5.10 Å². The van der Waals surface area contributed by atoms with Gasteiger partial charge in [0.1, 0.15) is 0 Å². The molecule has 5 nitrogen and oxygen atoms in total. The van der Waals surface area contributed by atoms with Crippen molar-refractivity contribution in [3.63, 3.8) is 0 Å². The van der Waals surface area contributed by atoms with Crippen molar-refractivity contribution < 1.29 is 9.53 Å². The van der Waals surface area contributed by atoms with E-state index in [-0.39, 0.29) is 5.97 Å². The van der Waals surface area contributed by atoms with Crippen molar-refractivity contribution in [3.8, 4) is 11.3 Å². The molecular formula is C17H17N3O2. The van der Waals surface area contributed by atoms with E-state index in [2.05, 4.69) is 15.2 Å². The van der Waals surface area contributed by atoms with Gasteiger partial charge in [-0.15, -0.1) is 0 Å². The third-order valence-corrected chi connectivity index (χ3v) is 3.55. The molecule has 3 rings (SSSR count). The van der Waals surface area contributed by atoms with Gasteiger partial charge in [0, 0.05) is 11.3 Å². The molecule has 1 N–H and O–H groups in total. The van der Waals surface area contributed by atoms with E-state index in [1.165, 1.54) is 5.56 Å². The van der Waals surface area contributed by atoms with Crippen molar-refractivity contribution in [1.29, 1.82) is 0 Å². The van der Waals surface area contributed by atoms with Crippen LogP contribution in [0.15, 0.2) is 30.3 Å². The minimum absolute atomic E-state index is 0.333. The van der Waals surface area contributed by atoms with E-state index in [4.69, 9.17) is 4.74 Å². The van der Waals surface area contributed by atoms with Crippen LogP contribution in [0.5, 0.6) is 0 Å². The van der Waals surface area contributed by atoms with Crippen molar-refractivity contribution in [3.05, 3.63) is 47.2 Å². The first-order chi connectivity index (χ1) is 10.6. The first-order valence-corrected chi connectivity index (χ1v) is 7.20. The minimum atomic E-state index is -0.354. The lowest BCUT2D eigenvalue weighted by Crippen LogP contribution is -2.06. The first kappa shape index (κ1) is 14.3. The summed E-state index contributed by atoms with van der Waals surface area (Å²) in [6, 6.07) is 9.77. The van der Waals surface area contributed by atoms with Crippen LogP contribution in [0.3, 0.4) is 0 Å². The zero-order valence-corrected chi connectivity index (χ0v) is 12.8. The van der Waals surface area contributed by atoms with E-state index >= 15 is 0 Å². The Hall–Kier alpha value is -2.69. The molecule has 5 heteroatoms. The predicted octanol–water partition coefficient (Wildman–Crippen LogP) is 3.42. The van der Waals surface area contributed by atoms with E-state index in [0.29, 0.717) is 28.9 Å². The average molecular weight is 295 g/mol. The number of aromatic nitrogens is 3. The molecule has 22 heavy (non-hydrogen) atoms. The van der Waals surface area contributed by atoms with Gasteiger partial charge in [-0.05, 0) is 26.8 Å². The number of hydrogen-bond acceptors (Lipinski definition) is 4.